The fourth-order valence-corrected chi connectivity index (χ4v) is 1.33. The van der Waals surface area contributed by atoms with Gasteiger partial charge in [0.05, 0.1) is 11.0 Å². The van der Waals surface area contributed by atoms with E-state index in [0.717, 1.165) is 0 Å². The zero-order valence-electron chi connectivity index (χ0n) is 7.35. The second-order valence-electron chi connectivity index (χ2n) is 2.96. The third-order valence-electron chi connectivity index (χ3n) is 2.03. The molecule has 0 spiro atoms. The number of aromatic amines is 1. The molecule has 1 N–H and O–H groups in total. The number of benzene rings is 1. The molecule has 6 nitrogen and oxygen atoms in total. The molecule has 1 aromatic carbocycles. The number of nitro benzene ring substituents is 1. The monoisotopic (exact) mass is 193 g/mol. The number of imidazole rings is 1. The molecule has 0 fully saturated rings. The Bertz CT molecular complexity index is 518. The fraction of sp³-hybridized carbons (Fsp3) is 0.125. The molecule has 0 saturated carbocycles. The zero-order valence-corrected chi connectivity index (χ0v) is 7.35. The average Bonchev–Trinajstić information content (AvgIpc) is 2.43. The third kappa shape index (κ3) is 1.08. The highest BCUT2D eigenvalue weighted by Gasteiger charge is 2.14. The summed E-state index contributed by atoms with van der Waals surface area (Å²) in [7, 11) is 0. The maximum Gasteiger partial charge on any atom is 0.274 e. The van der Waals surface area contributed by atoms with Gasteiger partial charge in [-0.1, -0.05) is 0 Å². The van der Waals surface area contributed by atoms with Gasteiger partial charge in [0, 0.05) is 13.0 Å². The van der Waals surface area contributed by atoms with Crippen LogP contribution in [0.4, 0.5) is 5.69 Å². The van der Waals surface area contributed by atoms with Crippen molar-refractivity contribution in [2.24, 2.45) is 0 Å². The van der Waals surface area contributed by atoms with Gasteiger partial charge in [-0.05, 0) is 6.07 Å². The second kappa shape index (κ2) is 2.69. The van der Waals surface area contributed by atoms with Gasteiger partial charge in [-0.2, -0.15) is 0 Å². The van der Waals surface area contributed by atoms with Crippen LogP contribution in [0.25, 0.3) is 11.0 Å². The Kier molecular flexibility index (Phi) is 1.63. The molecule has 0 aliphatic rings. The number of non-ortho nitro benzene ring substituents is 1. The Balaban J connectivity index is 2.76. The van der Waals surface area contributed by atoms with Crippen molar-refractivity contribution >= 4 is 16.7 Å². The minimum atomic E-state index is -0.526. The molecule has 0 unspecified atom stereocenters. The van der Waals surface area contributed by atoms with E-state index in [9.17, 15) is 15.3 Å². The number of rotatable bonds is 1. The van der Waals surface area contributed by atoms with Crippen LogP contribution in [0.15, 0.2) is 18.2 Å². The zero-order chi connectivity index (χ0) is 10.3. The van der Waals surface area contributed by atoms with Crippen LogP contribution in [-0.4, -0.2) is 9.91 Å². The smallest absolute Gasteiger partial charge is 0.274 e. The quantitative estimate of drug-likeness (QED) is 0.317. The number of nitro groups is 1. The SMILES string of the molecule is Cc1[nH]c2ccc([N+](=O)[O-])cc2[n+]1[O-]. The first-order valence-electron chi connectivity index (χ1n) is 3.96. The van der Waals surface area contributed by atoms with E-state index in [1.165, 1.54) is 18.2 Å². The lowest BCUT2D eigenvalue weighted by Crippen LogP contribution is -2.27. The molecule has 0 bridgehead atoms. The molecule has 0 saturated heterocycles. The lowest BCUT2D eigenvalue weighted by Gasteiger charge is -1.97. The van der Waals surface area contributed by atoms with E-state index in [0.29, 0.717) is 16.1 Å². The van der Waals surface area contributed by atoms with Gasteiger partial charge in [0.15, 0.2) is 11.0 Å². The Hall–Kier alpha value is -2.11. The van der Waals surface area contributed by atoms with E-state index in [4.69, 9.17) is 0 Å². The maximum absolute atomic E-state index is 11.4. The summed E-state index contributed by atoms with van der Waals surface area (Å²) in [5.41, 5.74) is 0.806. The highest BCUT2D eigenvalue weighted by Crippen LogP contribution is 2.17. The van der Waals surface area contributed by atoms with Crippen LogP contribution in [0.3, 0.4) is 0 Å². The number of hydrogen-bond donors (Lipinski definition) is 1. The van der Waals surface area contributed by atoms with Crippen LogP contribution >= 0.6 is 0 Å². The first kappa shape index (κ1) is 8.49. The lowest BCUT2D eigenvalue weighted by atomic mass is 10.3. The van der Waals surface area contributed by atoms with Crippen LogP contribution in [0.5, 0.6) is 0 Å². The minimum absolute atomic E-state index is 0.0823. The van der Waals surface area contributed by atoms with Crippen molar-refractivity contribution in [1.82, 2.24) is 4.98 Å². The second-order valence-corrected chi connectivity index (χ2v) is 2.96. The summed E-state index contributed by atoms with van der Waals surface area (Å²) in [6.45, 7) is 1.61. The molecule has 0 atom stereocenters. The molecule has 1 aromatic heterocycles. The van der Waals surface area contributed by atoms with Gasteiger partial charge >= 0.3 is 0 Å². The number of H-pyrrole nitrogens is 1. The fourth-order valence-electron chi connectivity index (χ4n) is 1.33. The van der Waals surface area contributed by atoms with Crippen molar-refractivity contribution in [3.63, 3.8) is 0 Å². The number of nitrogens with zero attached hydrogens (tertiary/aromatic N) is 2. The molecular weight excluding hydrogens is 186 g/mol. The standard InChI is InChI=1S/C8H7N3O3/c1-5-9-7-3-2-6(11(13)14)4-8(7)10(5)12/h2-4,9H,1H3. The Morgan fingerprint density at radius 1 is 1.50 bits per heavy atom. The van der Waals surface area contributed by atoms with E-state index in [-0.39, 0.29) is 11.2 Å². The van der Waals surface area contributed by atoms with Crippen LogP contribution < -0.4 is 4.73 Å². The summed E-state index contributed by atoms with van der Waals surface area (Å²) >= 11 is 0. The molecule has 0 aliphatic carbocycles. The average molecular weight is 193 g/mol. The van der Waals surface area contributed by atoms with Crippen molar-refractivity contribution in [2.45, 2.75) is 6.92 Å². The summed E-state index contributed by atoms with van der Waals surface area (Å²) in [6.07, 6.45) is 0. The molecule has 2 aromatic rings. The molecule has 0 amide bonds. The van der Waals surface area contributed by atoms with E-state index in [1.54, 1.807) is 6.92 Å². The molecule has 0 aliphatic heterocycles. The Morgan fingerprint density at radius 3 is 2.86 bits per heavy atom. The Labute approximate surface area is 78.5 Å². The first-order valence-corrected chi connectivity index (χ1v) is 3.96. The van der Waals surface area contributed by atoms with Gasteiger partial charge in [0.25, 0.3) is 11.5 Å². The largest absolute Gasteiger partial charge is 0.710 e. The number of aromatic nitrogens is 2. The van der Waals surface area contributed by atoms with Crippen LogP contribution in [0, 0.1) is 22.2 Å². The molecule has 6 heteroatoms. The van der Waals surface area contributed by atoms with Gasteiger partial charge < -0.3 is 5.21 Å². The van der Waals surface area contributed by atoms with Crippen molar-refractivity contribution in [1.29, 1.82) is 0 Å². The molecule has 2 rings (SSSR count). The lowest BCUT2D eigenvalue weighted by molar-refractivity contribution is -0.584. The number of nitrogens with one attached hydrogen (secondary N) is 1. The Morgan fingerprint density at radius 2 is 2.21 bits per heavy atom. The first-order chi connectivity index (χ1) is 6.59. The van der Waals surface area contributed by atoms with Crippen LogP contribution in [0.2, 0.25) is 0 Å². The van der Waals surface area contributed by atoms with E-state index in [2.05, 4.69) is 4.98 Å². The van der Waals surface area contributed by atoms with Gasteiger partial charge in [-0.25, -0.2) is 9.71 Å². The highest BCUT2D eigenvalue weighted by atomic mass is 16.6. The summed E-state index contributed by atoms with van der Waals surface area (Å²) in [5, 5.41) is 21.8. The van der Waals surface area contributed by atoms with Gasteiger partial charge in [-0.3, -0.25) is 10.1 Å². The number of fused-ring (bicyclic) bond motifs is 1. The minimum Gasteiger partial charge on any atom is -0.710 e. The molecule has 72 valence electrons. The number of aryl methyl sites for hydroxylation is 1. The number of hydrogen-bond acceptors (Lipinski definition) is 3. The third-order valence-corrected chi connectivity index (χ3v) is 2.03. The summed E-state index contributed by atoms with van der Waals surface area (Å²) in [6, 6.07) is 4.14. The molecule has 1 heterocycles. The summed E-state index contributed by atoms with van der Waals surface area (Å²) in [5.74, 6) is 0.417. The highest BCUT2D eigenvalue weighted by molar-refractivity contribution is 5.74. The summed E-state index contributed by atoms with van der Waals surface area (Å²) < 4.78 is 0.641. The van der Waals surface area contributed by atoms with E-state index < -0.39 is 4.92 Å². The molecular formula is C8H7N3O3. The normalized spacial score (nSPS) is 10.6. The molecule has 14 heavy (non-hydrogen) atoms. The maximum atomic E-state index is 11.4. The molecule has 0 radical (unpaired) electrons. The summed E-state index contributed by atoms with van der Waals surface area (Å²) in [4.78, 5) is 12.7. The van der Waals surface area contributed by atoms with Gasteiger partial charge in [0.1, 0.15) is 0 Å². The van der Waals surface area contributed by atoms with Crippen molar-refractivity contribution in [3.05, 3.63) is 39.3 Å². The topological polar surface area (TPSA) is 85.9 Å². The van der Waals surface area contributed by atoms with Crippen molar-refractivity contribution in [2.75, 3.05) is 0 Å². The van der Waals surface area contributed by atoms with Crippen molar-refractivity contribution < 1.29 is 9.65 Å². The van der Waals surface area contributed by atoms with Gasteiger partial charge in [-0.15, -0.1) is 0 Å². The van der Waals surface area contributed by atoms with E-state index >= 15 is 0 Å². The van der Waals surface area contributed by atoms with Crippen molar-refractivity contribution in [3.8, 4) is 0 Å². The predicted molar refractivity (Wildman–Crippen MR) is 48.7 cm³/mol. The van der Waals surface area contributed by atoms with Crippen LogP contribution in [-0.2, 0) is 0 Å². The van der Waals surface area contributed by atoms with Crippen LogP contribution in [0.1, 0.15) is 5.82 Å². The predicted octanol–water partition coefficient (Wildman–Crippen LogP) is 1.02. The van der Waals surface area contributed by atoms with E-state index in [1.807, 2.05) is 0 Å². The van der Waals surface area contributed by atoms with Gasteiger partial charge in [0.2, 0.25) is 0 Å².